The van der Waals surface area contributed by atoms with E-state index in [2.05, 4.69) is 5.16 Å². The van der Waals surface area contributed by atoms with E-state index >= 15 is 0 Å². The highest BCUT2D eigenvalue weighted by Crippen LogP contribution is 2.35. The minimum atomic E-state index is -1.03. The number of rotatable bonds is 6. The van der Waals surface area contributed by atoms with Gasteiger partial charge < -0.3 is 14.5 Å². The number of hydrogen-bond donors (Lipinski definition) is 1. The van der Waals surface area contributed by atoms with Crippen molar-refractivity contribution in [3.8, 4) is 11.3 Å². The standard InChI is InChI=1S/C22H28N2O4/c1-15(2)11-20(25)24-10-4-9-22(14-24,21(26)27)13-18-12-19(23-28-18)17-7-5-16(3)6-8-17/h5-8,12,15H,4,9-11,13-14H2,1-3H3,(H,26,27)/t22-/m1/s1. The second-order valence-electron chi connectivity index (χ2n) is 8.32. The van der Waals surface area contributed by atoms with Gasteiger partial charge in [-0.15, -0.1) is 0 Å². The van der Waals surface area contributed by atoms with Crippen LogP contribution < -0.4 is 0 Å². The number of aryl methyl sites for hydroxylation is 1. The number of benzene rings is 1. The average molecular weight is 384 g/mol. The van der Waals surface area contributed by atoms with Gasteiger partial charge in [0, 0.05) is 37.6 Å². The summed E-state index contributed by atoms with van der Waals surface area (Å²) in [5.41, 5.74) is 1.75. The molecule has 1 aromatic heterocycles. The smallest absolute Gasteiger partial charge is 0.311 e. The number of aromatic nitrogens is 1. The normalized spacial score (nSPS) is 19.8. The fraction of sp³-hybridized carbons (Fsp3) is 0.500. The molecule has 1 saturated heterocycles. The summed E-state index contributed by atoms with van der Waals surface area (Å²) >= 11 is 0. The van der Waals surface area contributed by atoms with Crippen molar-refractivity contribution in [2.24, 2.45) is 11.3 Å². The van der Waals surface area contributed by atoms with Crippen LogP contribution in [-0.2, 0) is 16.0 Å². The number of nitrogens with zero attached hydrogens (tertiary/aromatic N) is 2. The van der Waals surface area contributed by atoms with Crippen LogP contribution in [0.3, 0.4) is 0 Å². The Morgan fingerprint density at radius 3 is 2.64 bits per heavy atom. The first-order chi connectivity index (χ1) is 13.3. The van der Waals surface area contributed by atoms with Crippen molar-refractivity contribution in [3.05, 3.63) is 41.7 Å². The van der Waals surface area contributed by atoms with E-state index in [4.69, 9.17) is 4.52 Å². The first-order valence-electron chi connectivity index (χ1n) is 9.83. The number of hydrogen-bond acceptors (Lipinski definition) is 4. The van der Waals surface area contributed by atoms with Crippen LogP contribution in [0.1, 0.15) is 44.4 Å². The van der Waals surface area contributed by atoms with Crippen molar-refractivity contribution in [2.75, 3.05) is 13.1 Å². The number of piperidine rings is 1. The second kappa shape index (κ2) is 8.17. The van der Waals surface area contributed by atoms with Gasteiger partial charge in [0.1, 0.15) is 11.5 Å². The molecule has 0 saturated carbocycles. The fourth-order valence-electron chi connectivity index (χ4n) is 3.81. The molecule has 150 valence electrons. The van der Waals surface area contributed by atoms with Crippen molar-refractivity contribution in [1.82, 2.24) is 10.1 Å². The van der Waals surface area contributed by atoms with Crippen LogP contribution in [0, 0.1) is 18.3 Å². The zero-order valence-electron chi connectivity index (χ0n) is 16.8. The lowest BCUT2D eigenvalue weighted by Crippen LogP contribution is -2.51. The number of carboxylic acids is 1. The van der Waals surface area contributed by atoms with Gasteiger partial charge in [0.15, 0.2) is 0 Å². The van der Waals surface area contributed by atoms with E-state index in [1.165, 1.54) is 0 Å². The molecule has 1 aliphatic rings. The molecule has 1 fully saturated rings. The predicted molar refractivity (Wildman–Crippen MR) is 106 cm³/mol. The van der Waals surface area contributed by atoms with Gasteiger partial charge in [0.25, 0.3) is 0 Å². The number of aliphatic carboxylic acids is 1. The van der Waals surface area contributed by atoms with E-state index in [1.54, 1.807) is 4.90 Å². The summed E-state index contributed by atoms with van der Waals surface area (Å²) in [5.74, 6) is -0.0720. The molecule has 1 amide bonds. The van der Waals surface area contributed by atoms with Gasteiger partial charge in [-0.25, -0.2) is 0 Å². The second-order valence-corrected chi connectivity index (χ2v) is 8.32. The quantitative estimate of drug-likeness (QED) is 0.816. The third kappa shape index (κ3) is 4.43. The highest BCUT2D eigenvalue weighted by Gasteiger charge is 2.44. The minimum absolute atomic E-state index is 0.0261. The Kier molecular flexibility index (Phi) is 5.87. The summed E-state index contributed by atoms with van der Waals surface area (Å²) < 4.78 is 5.47. The summed E-state index contributed by atoms with van der Waals surface area (Å²) in [5, 5.41) is 14.1. The Morgan fingerprint density at radius 2 is 2.00 bits per heavy atom. The molecule has 0 spiro atoms. The monoisotopic (exact) mass is 384 g/mol. The summed E-state index contributed by atoms with van der Waals surface area (Å²) in [6, 6.07) is 9.75. The van der Waals surface area contributed by atoms with Crippen molar-refractivity contribution in [3.63, 3.8) is 0 Å². The molecule has 0 radical (unpaired) electrons. The maximum Gasteiger partial charge on any atom is 0.311 e. The van der Waals surface area contributed by atoms with Crippen LogP contribution in [0.2, 0.25) is 0 Å². The molecule has 0 bridgehead atoms. The van der Waals surface area contributed by atoms with Gasteiger partial charge in [-0.1, -0.05) is 48.8 Å². The molecule has 3 rings (SSSR count). The average Bonchev–Trinajstić information content (AvgIpc) is 3.10. The third-order valence-electron chi connectivity index (χ3n) is 5.39. The first-order valence-corrected chi connectivity index (χ1v) is 9.83. The molecule has 1 aromatic carbocycles. The van der Waals surface area contributed by atoms with Crippen LogP contribution in [0.5, 0.6) is 0 Å². The molecule has 1 N–H and O–H groups in total. The number of carbonyl (C=O) groups excluding carboxylic acids is 1. The molecule has 28 heavy (non-hydrogen) atoms. The van der Waals surface area contributed by atoms with Crippen molar-refractivity contribution < 1.29 is 19.2 Å². The molecule has 1 aliphatic heterocycles. The predicted octanol–water partition coefficient (Wildman–Crippen LogP) is 3.93. The Morgan fingerprint density at radius 1 is 1.29 bits per heavy atom. The van der Waals surface area contributed by atoms with Crippen molar-refractivity contribution in [2.45, 2.75) is 46.5 Å². The molecule has 6 heteroatoms. The Balaban J connectivity index is 1.78. The Labute approximate surface area is 165 Å². The van der Waals surface area contributed by atoms with Crippen molar-refractivity contribution in [1.29, 1.82) is 0 Å². The van der Waals surface area contributed by atoms with Crippen molar-refractivity contribution >= 4 is 11.9 Å². The SMILES string of the molecule is Cc1ccc(-c2cc(C[C@]3(C(=O)O)CCCN(C(=O)CC(C)C)C3)on2)cc1. The van der Waals surface area contributed by atoms with Gasteiger partial charge in [0.05, 0.1) is 5.41 Å². The molecule has 0 aliphatic carbocycles. The molecular formula is C22H28N2O4. The zero-order valence-corrected chi connectivity index (χ0v) is 16.8. The van der Waals surface area contributed by atoms with Gasteiger partial charge in [-0.3, -0.25) is 9.59 Å². The largest absolute Gasteiger partial charge is 0.481 e. The van der Waals surface area contributed by atoms with Crippen LogP contribution >= 0.6 is 0 Å². The molecule has 2 heterocycles. The lowest BCUT2D eigenvalue weighted by Gasteiger charge is -2.39. The molecule has 2 aromatic rings. The van der Waals surface area contributed by atoms with E-state index in [0.717, 1.165) is 11.1 Å². The van der Waals surface area contributed by atoms with Crippen LogP contribution in [-0.4, -0.2) is 40.1 Å². The third-order valence-corrected chi connectivity index (χ3v) is 5.39. The number of amides is 1. The van der Waals surface area contributed by atoms with Gasteiger partial charge in [0.2, 0.25) is 5.91 Å². The summed E-state index contributed by atoms with van der Waals surface area (Å²) in [6.45, 7) is 6.84. The highest BCUT2D eigenvalue weighted by molar-refractivity contribution is 5.80. The van der Waals surface area contributed by atoms with E-state index < -0.39 is 11.4 Å². The fourth-order valence-corrected chi connectivity index (χ4v) is 3.81. The molecule has 1 atom stereocenters. The van der Waals surface area contributed by atoms with E-state index in [-0.39, 0.29) is 24.8 Å². The van der Waals surface area contributed by atoms with E-state index in [0.29, 0.717) is 37.3 Å². The summed E-state index contributed by atoms with van der Waals surface area (Å²) in [4.78, 5) is 26.4. The maximum atomic E-state index is 12.5. The lowest BCUT2D eigenvalue weighted by molar-refractivity contribution is -0.155. The van der Waals surface area contributed by atoms with E-state index in [9.17, 15) is 14.7 Å². The molecule has 0 unspecified atom stereocenters. The number of likely N-dealkylation sites (tertiary alicyclic amines) is 1. The first kappa shape index (κ1) is 20.1. The summed E-state index contributed by atoms with van der Waals surface area (Å²) in [6.07, 6.45) is 1.87. The van der Waals surface area contributed by atoms with E-state index in [1.807, 2.05) is 51.1 Å². The molecular weight excluding hydrogens is 356 g/mol. The van der Waals surface area contributed by atoms with Gasteiger partial charge >= 0.3 is 5.97 Å². The van der Waals surface area contributed by atoms with Gasteiger partial charge in [-0.05, 0) is 25.7 Å². The summed E-state index contributed by atoms with van der Waals surface area (Å²) in [7, 11) is 0. The lowest BCUT2D eigenvalue weighted by atomic mass is 9.76. The van der Waals surface area contributed by atoms with Crippen LogP contribution in [0.15, 0.2) is 34.9 Å². The van der Waals surface area contributed by atoms with Crippen LogP contribution in [0.25, 0.3) is 11.3 Å². The maximum absolute atomic E-state index is 12.5. The van der Waals surface area contributed by atoms with Crippen LogP contribution in [0.4, 0.5) is 0 Å². The van der Waals surface area contributed by atoms with Gasteiger partial charge in [-0.2, -0.15) is 0 Å². The number of carbonyl (C=O) groups is 2. The molecule has 6 nitrogen and oxygen atoms in total. The Bertz CT molecular complexity index is 840. The Hall–Kier alpha value is -2.63. The zero-order chi connectivity index (χ0) is 20.3. The topological polar surface area (TPSA) is 83.6 Å². The number of carboxylic acid groups (broad SMARTS) is 1. The highest BCUT2D eigenvalue weighted by atomic mass is 16.5. The minimum Gasteiger partial charge on any atom is -0.481 e.